The molecule has 1 rings (SSSR count). The Kier molecular flexibility index (Phi) is 6.20. The van der Waals surface area contributed by atoms with Gasteiger partial charge in [-0.2, -0.15) is 5.26 Å². The maximum absolute atomic E-state index is 10.8. The fraction of sp³-hybridized carbons (Fsp3) is 0.385. The van der Waals surface area contributed by atoms with E-state index in [4.69, 9.17) is 26.3 Å². The van der Waals surface area contributed by atoms with E-state index in [0.29, 0.717) is 11.6 Å². The van der Waals surface area contributed by atoms with Crippen molar-refractivity contribution in [3.05, 3.63) is 34.9 Å². The third kappa shape index (κ3) is 5.67. The Hall–Kier alpha value is -1.57. The topological polar surface area (TPSA) is 59.3 Å². The third-order valence-corrected chi connectivity index (χ3v) is 2.39. The summed E-state index contributed by atoms with van der Waals surface area (Å²) in [5.74, 6) is -0.412. The second-order valence-corrected chi connectivity index (χ2v) is 4.17. The Morgan fingerprint density at radius 1 is 1.44 bits per heavy atom. The zero-order valence-corrected chi connectivity index (χ0v) is 10.8. The molecule has 0 spiro atoms. The molecule has 0 radical (unpaired) electrons. The summed E-state index contributed by atoms with van der Waals surface area (Å²) in [5, 5.41) is 9.25. The molecule has 0 fully saturated rings. The van der Waals surface area contributed by atoms with Gasteiger partial charge in [-0.1, -0.05) is 23.7 Å². The van der Waals surface area contributed by atoms with Crippen molar-refractivity contribution < 1.29 is 14.3 Å². The van der Waals surface area contributed by atoms with Crippen LogP contribution >= 0.6 is 11.6 Å². The van der Waals surface area contributed by atoms with E-state index in [9.17, 15) is 4.79 Å². The minimum Gasteiger partial charge on any atom is -0.459 e. The first-order valence-corrected chi connectivity index (χ1v) is 5.86. The Balaban J connectivity index is 2.36. The highest BCUT2D eigenvalue weighted by atomic mass is 35.5. The van der Waals surface area contributed by atoms with Crippen LogP contribution in [0.1, 0.15) is 18.9 Å². The lowest BCUT2D eigenvalue weighted by molar-refractivity contribution is -0.149. The molecule has 0 bridgehead atoms. The van der Waals surface area contributed by atoms with Crippen LogP contribution < -0.4 is 0 Å². The van der Waals surface area contributed by atoms with E-state index in [-0.39, 0.29) is 13.0 Å². The SMILES string of the molecule is CC(=O)O[C@H](CC#N)COCc1ccc(Cl)cc1. The summed E-state index contributed by atoms with van der Waals surface area (Å²) in [6.45, 7) is 1.90. The Morgan fingerprint density at radius 2 is 2.11 bits per heavy atom. The first-order chi connectivity index (χ1) is 8.61. The predicted octanol–water partition coefficient (Wildman–Crippen LogP) is 2.70. The molecule has 0 aliphatic heterocycles. The molecule has 0 amide bonds. The van der Waals surface area contributed by atoms with Gasteiger partial charge in [0, 0.05) is 11.9 Å². The molecule has 0 aromatic heterocycles. The van der Waals surface area contributed by atoms with Gasteiger partial charge in [0.2, 0.25) is 0 Å². The van der Waals surface area contributed by atoms with Gasteiger partial charge < -0.3 is 9.47 Å². The number of rotatable bonds is 6. The third-order valence-electron chi connectivity index (χ3n) is 2.14. The van der Waals surface area contributed by atoms with E-state index in [0.717, 1.165) is 5.56 Å². The lowest BCUT2D eigenvalue weighted by Gasteiger charge is -2.14. The van der Waals surface area contributed by atoms with Gasteiger partial charge in [-0.05, 0) is 17.7 Å². The van der Waals surface area contributed by atoms with Gasteiger partial charge in [0.15, 0.2) is 0 Å². The Bertz CT molecular complexity index is 425. The summed E-state index contributed by atoms with van der Waals surface area (Å²) < 4.78 is 10.3. The second-order valence-electron chi connectivity index (χ2n) is 3.74. The van der Waals surface area contributed by atoms with Crippen LogP contribution in [0.25, 0.3) is 0 Å². The van der Waals surface area contributed by atoms with Crippen molar-refractivity contribution in [2.45, 2.75) is 26.1 Å². The normalized spacial score (nSPS) is 11.6. The van der Waals surface area contributed by atoms with Crippen LogP contribution in [-0.2, 0) is 20.9 Å². The van der Waals surface area contributed by atoms with E-state index in [1.54, 1.807) is 12.1 Å². The molecule has 0 heterocycles. The number of carbonyl (C=O) groups is 1. The van der Waals surface area contributed by atoms with Gasteiger partial charge in [-0.3, -0.25) is 4.79 Å². The number of nitrogens with zero attached hydrogens (tertiary/aromatic N) is 1. The van der Waals surface area contributed by atoms with Crippen molar-refractivity contribution in [1.82, 2.24) is 0 Å². The fourth-order valence-electron chi connectivity index (χ4n) is 1.36. The molecule has 5 heteroatoms. The van der Waals surface area contributed by atoms with Gasteiger partial charge in [0.1, 0.15) is 6.10 Å². The van der Waals surface area contributed by atoms with E-state index in [1.165, 1.54) is 6.92 Å². The molecule has 1 aromatic rings. The standard InChI is InChI=1S/C13H14ClNO3/c1-10(16)18-13(6-7-15)9-17-8-11-2-4-12(14)5-3-11/h2-5,13H,6,8-9H2,1H3/t13-/m1/s1. The molecular formula is C13H14ClNO3. The van der Waals surface area contributed by atoms with Gasteiger partial charge in [-0.15, -0.1) is 0 Å². The molecule has 18 heavy (non-hydrogen) atoms. The summed E-state index contributed by atoms with van der Waals surface area (Å²) >= 11 is 5.76. The van der Waals surface area contributed by atoms with Crippen LogP contribution in [0.4, 0.5) is 0 Å². The quantitative estimate of drug-likeness (QED) is 0.744. The van der Waals surface area contributed by atoms with E-state index >= 15 is 0 Å². The van der Waals surface area contributed by atoms with Gasteiger partial charge in [0.05, 0.1) is 25.7 Å². The van der Waals surface area contributed by atoms with E-state index < -0.39 is 12.1 Å². The van der Waals surface area contributed by atoms with Crippen LogP contribution in [0.2, 0.25) is 5.02 Å². The average molecular weight is 268 g/mol. The highest BCUT2D eigenvalue weighted by Gasteiger charge is 2.11. The highest BCUT2D eigenvalue weighted by Crippen LogP contribution is 2.10. The van der Waals surface area contributed by atoms with E-state index in [1.807, 2.05) is 18.2 Å². The van der Waals surface area contributed by atoms with Crippen molar-refractivity contribution in [3.8, 4) is 6.07 Å². The minimum atomic E-state index is -0.514. The van der Waals surface area contributed by atoms with Crippen molar-refractivity contribution in [2.24, 2.45) is 0 Å². The number of nitriles is 1. The molecule has 0 unspecified atom stereocenters. The maximum Gasteiger partial charge on any atom is 0.303 e. The molecule has 0 saturated carbocycles. The summed E-state index contributed by atoms with van der Waals surface area (Å²) in [6.07, 6.45) is -0.389. The van der Waals surface area contributed by atoms with Crippen LogP contribution in [0.15, 0.2) is 24.3 Å². The Morgan fingerprint density at radius 3 is 2.67 bits per heavy atom. The minimum absolute atomic E-state index is 0.125. The molecule has 0 aliphatic carbocycles. The largest absolute Gasteiger partial charge is 0.459 e. The zero-order chi connectivity index (χ0) is 13.4. The van der Waals surface area contributed by atoms with E-state index in [2.05, 4.69) is 0 Å². The van der Waals surface area contributed by atoms with Crippen LogP contribution in [0.3, 0.4) is 0 Å². The zero-order valence-electron chi connectivity index (χ0n) is 10.1. The first kappa shape index (κ1) is 14.5. The molecule has 0 aliphatic rings. The number of esters is 1. The van der Waals surface area contributed by atoms with Crippen molar-refractivity contribution in [2.75, 3.05) is 6.61 Å². The first-order valence-electron chi connectivity index (χ1n) is 5.48. The number of benzene rings is 1. The van der Waals surface area contributed by atoms with Crippen molar-refractivity contribution >= 4 is 17.6 Å². The number of ether oxygens (including phenoxy) is 2. The summed E-state index contributed by atoms with van der Waals surface area (Å²) in [7, 11) is 0. The number of hydrogen-bond donors (Lipinski definition) is 0. The molecule has 0 saturated heterocycles. The smallest absolute Gasteiger partial charge is 0.303 e. The Labute approximate surface area is 111 Å². The molecular weight excluding hydrogens is 254 g/mol. The van der Waals surface area contributed by atoms with Gasteiger partial charge in [-0.25, -0.2) is 0 Å². The van der Waals surface area contributed by atoms with Crippen LogP contribution in [0, 0.1) is 11.3 Å². The second kappa shape index (κ2) is 7.70. The number of carbonyl (C=O) groups excluding carboxylic acids is 1. The number of halogens is 1. The lowest BCUT2D eigenvalue weighted by Crippen LogP contribution is -2.21. The van der Waals surface area contributed by atoms with Crippen molar-refractivity contribution in [1.29, 1.82) is 5.26 Å². The summed E-state index contributed by atoms with van der Waals surface area (Å²) in [4.78, 5) is 10.8. The monoisotopic (exact) mass is 267 g/mol. The van der Waals surface area contributed by atoms with Crippen LogP contribution in [0.5, 0.6) is 0 Å². The average Bonchev–Trinajstić information content (AvgIpc) is 2.31. The van der Waals surface area contributed by atoms with Gasteiger partial charge in [0.25, 0.3) is 0 Å². The maximum atomic E-state index is 10.8. The molecule has 0 N–H and O–H groups in total. The highest BCUT2D eigenvalue weighted by molar-refractivity contribution is 6.30. The van der Waals surface area contributed by atoms with Crippen LogP contribution in [-0.4, -0.2) is 18.7 Å². The molecule has 1 atom stereocenters. The molecule has 1 aromatic carbocycles. The summed E-state index contributed by atoms with van der Waals surface area (Å²) in [6, 6.07) is 9.22. The molecule has 96 valence electrons. The fourth-order valence-corrected chi connectivity index (χ4v) is 1.49. The van der Waals surface area contributed by atoms with Gasteiger partial charge >= 0.3 is 5.97 Å². The molecule has 4 nitrogen and oxygen atoms in total. The summed E-state index contributed by atoms with van der Waals surface area (Å²) in [5.41, 5.74) is 0.970. The predicted molar refractivity (Wildman–Crippen MR) is 66.9 cm³/mol. The lowest BCUT2D eigenvalue weighted by atomic mass is 10.2. The number of hydrogen-bond acceptors (Lipinski definition) is 4. The van der Waals surface area contributed by atoms with Crippen molar-refractivity contribution in [3.63, 3.8) is 0 Å².